The first-order valence-electron chi connectivity index (χ1n) is 20.3. The summed E-state index contributed by atoms with van der Waals surface area (Å²) in [5.41, 5.74) is 16.8. The van der Waals surface area contributed by atoms with E-state index in [1.165, 1.54) is 27.8 Å². The highest BCUT2D eigenvalue weighted by atomic mass is 16.5. The fraction of sp³-hybridized carbons (Fsp3) is 0.0943. The van der Waals surface area contributed by atoms with Crippen LogP contribution >= 0.6 is 0 Å². The van der Waals surface area contributed by atoms with Gasteiger partial charge in [-0.25, -0.2) is 0 Å². The number of nitrogens with zero attached hydrogens (tertiary/aromatic N) is 2. The summed E-state index contributed by atoms with van der Waals surface area (Å²) >= 11 is 0. The van der Waals surface area contributed by atoms with E-state index < -0.39 is 0 Å². The van der Waals surface area contributed by atoms with Crippen LogP contribution in [0.5, 0.6) is 23.0 Å². The molecule has 8 aromatic carbocycles. The van der Waals surface area contributed by atoms with Crippen molar-refractivity contribution in [3.63, 3.8) is 0 Å². The molecule has 0 bridgehead atoms. The van der Waals surface area contributed by atoms with Crippen LogP contribution in [0.15, 0.2) is 162 Å². The van der Waals surface area contributed by atoms with Crippen LogP contribution in [0.2, 0.25) is 0 Å². The molecule has 0 aliphatic carbocycles. The van der Waals surface area contributed by atoms with Crippen molar-refractivity contribution < 1.29 is 13.9 Å². The van der Waals surface area contributed by atoms with Gasteiger partial charge in [0.15, 0.2) is 5.58 Å². The Labute approximate surface area is 344 Å². The second kappa shape index (κ2) is 13.5. The van der Waals surface area contributed by atoms with Gasteiger partial charge in [0.25, 0.3) is 6.71 Å². The van der Waals surface area contributed by atoms with Gasteiger partial charge in [0.2, 0.25) is 0 Å². The molecule has 0 radical (unpaired) electrons. The molecule has 0 atom stereocenters. The van der Waals surface area contributed by atoms with Gasteiger partial charge in [0.1, 0.15) is 28.6 Å². The zero-order chi connectivity index (χ0) is 39.9. The largest absolute Gasteiger partial charge is 0.458 e. The van der Waals surface area contributed by atoms with E-state index in [1.54, 1.807) is 0 Å². The Kier molecular flexibility index (Phi) is 7.99. The number of aryl methyl sites for hydroxylation is 5. The quantitative estimate of drug-likeness (QED) is 0.158. The summed E-state index contributed by atoms with van der Waals surface area (Å²) in [6, 6.07) is 56.3. The van der Waals surface area contributed by atoms with Crippen LogP contribution in [0, 0.1) is 34.6 Å². The molecule has 0 saturated carbocycles. The number of fused-ring (bicyclic) bond motifs is 8. The van der Waals surface area contributed by atoms with Crippen LogP contribution in [0.4, 0.5) is 34.1 Å². The molecule has 0 unspecified atom stereocenters. The summed E-state index contributed by atoms with van der Waals surface area (Å²) in [6.45, 7) is 10.5. The Bertz CT molecular complexity index is 3010. The van der Waals surface area contributed by atoms with Crippen molar-refractivity contribution in [1.82, 2.24) is 0 Å². The molecule has 0 N–H and O–H groups in total. The summed E-state index contributed by atoms with van der Waals surface area (Å²) in [5.74, 6) is 3.18. The SMILES string of the molecule is Cc1ccc(N(c2ccc(C)cc2)c2cc3c4c(c2)Oc2c(cc(N(c5ccc(C)cc5)c5ccc(C)cc5)c5oc6ccccc6c25)B4c2cc(C)ccc2O3)cc1. The van der Waals surface area contributed by atoms with Crippen LogP contribution in [0.1, 0.15) is 27.8 Å². The van der Waals surface area contributed by atoms with E-state index in [9.17, 15) is 0 Å². The smallest absolute Gasteiger partial charge is 0.260 e. The molecule has 9 aromatic rings. The highest BCUT2D eigenvalue weighted by Gasteiger charge is 2.43. The summed E-state index contributed by atoms with van der Waals surface area (Å²) in [4.78, 5) is 4.60. The molecule has 6 heteroatoms. The van der Waals surface area contributed by atoms with Crippen LogP contribution in [0.3, 0.4) is 0 Å². The lowest BCUT2D eigenvalue weighted by Crippen LogP contribution is -2.57. The summed E-state index contributed by atoms with van der Waals surface area (Å²) in [5, 5.41) is 1.95. The fourth-order valence-corrected chi connectivity index (χ4v) is 8.88. The van der Waals surface area contributed by atoms with E-state index in [4.69, 9.17) is 13.9 Å². The lowest BCUT2D eigenvalue weighted by molar-refractivity contribution is 0.467. The van der Waals surface area contributed by atoms with Crippen LogP contribution in [-0.4, -0.2) is 6.71 Å². The van der Waals surface area contributed by atoms with E-state index in [1.807, 2.05) is 6.07 Å². The first-order chi connectivity index (χ1) is 28.8. The molecule has 0 spiro atoms. The molecule has 284 valence electrons. The monoisotopic (exact) mass is 764 g/mol. The second-order valence-electron chi connectivity index (χ2n) is 16.2. The predicted molar refractivity (Wildman–Crippen MR) is 244 cm³/mol. The second-order valence-corrected chi connectivity index (χ2v) is 16.2. The van der Waals surface area contributed by atoms with Gasteiger partial charge in [-0.15, -0.1) is 0 Å². The molecule has 2 aliphatic rings. The number of ether oxygens (including phenoxy) is 2. The lowest BCUT2D eigenvalue weighted by Gasteiger charge is -2.36. The Morgan fingerprint density at radius 1 is 0.424 bits per heavy atom. The topological polar surface area (TPSA) is 38.1 Å². The summed E-state index contributed by atoms with van der Waals surface area (Å²) < 4.78 is 21.2. The molecule has 59 heavy (non-hydrogen) atoms. The minimum absolute atomic E-state index is 0.177. The van der Waals surface area contributed by atoms with E-state index in [-0.39, 0.29) is 6.71 Å². The number of anilines is 6. The first kappa shape index (κ1) is 35.0. The van der Waals surface area contributed by atoms with Crippen molar-refractivity contribution in [2.45, 2.75) is 34.6 Å². The maximum Gasteiger partial charge on any atom is 0.260 e. The Balaban J connectivity index is 1.20. The first-order valence-corrected chi connectivity index (χ1v) is 20.3. The average molecular weight is 765 g/mol. The van der Waals surface area contributed by atoms with E-state index in [2.05, 4.69) is 196 Å². The Morgan fingerprint density at radius 2 is 0.932 bits per heavy atom. The molecule has 3 heterocycles. The molecular weight excluding hydrogens is 723 g/mol. The number of hydrogen-bond acceptors (Lipinski definition) is 5. The third-order valence-corrected chi connectivity index (χ3v) is 11.9. The van der Waals surface area contributed by atoms with Crippen molar-refractivity contribution in [2.75, 3.05) is 9.80 Å². The number of hydrogen-bond donors (Lipinski definition) is 0. The van der Waals surface area contributed by atoms with Crippen LogP contribution in [-0.2, 0) is 0 Å². The Morgan fingerprint density at radius 3 is 1.51 bits per heavy atom. The molecule has 1 aromatic heterocycles. The minimum atomic E-state index is -0.177. The van der Waals surface area contributed by atoms with E-state index >= 15 is 0 Å². The van der Waals surface area contributed by atoms with Gasteiger partial charge >= 0.3 is 0 Å². The number of furan rings is 1. The van der Waals surface area contributed by atoms with Crippen LogP contribution < -0.4 is 35.7 Å². The molecule has 0 fully saturated rings. The zero-order valence-corrected chi connectivity index (χ0v) is 33.7. The lowest BCUT2D eigenvalue weighted by atomic mass is 9.34. The van der Waals surface area contributed by atoms with Gasteiger partial charge < -0.3 is 23.7 Å². The van der Waals surface area contributed by atoms with Crippen molar-refractivity contribution >= 4 is 79.2 Å². The van der Waals surface area contributed by atoms with Crippen molar-refractivity contribution in [2.24, 2.45) is 0 Å². The van der Waals surface area contributed by atoms with Crippen molar-refractivity contribution in [3.05, 3.63) is 186 Å². The minimum Gasteiger partial charge on any atom is -0.458 e. The molecular formula is C53H41BN2O3. The molecule has 5 nitrogen and oxygen atoms in total. The molecule has 0 amide bonds. The normalized spacial score (nSPS) is 12.4. The highest BCUT2D eigenvalue weighted by molar-refractivity contribution is 6.98. The van der Waals surface area contributed by atoms with Gasteiger partial charge in [-0.05, 0) is 112 Å². The third-order valence-electron chi connectivity index (χ3n) is 11.9. The van der Waals surface area contributed by atoms with Gasteiger partial charge in [0.05, 0.1) is 16.8 Å². The van der Waals surface area contributed by atoms with E-state index in [0.29, 0.717) is 0 Å². The maximum atomic E-state index is 7.34. The van der Waals surface area contributed by atoms with Gasteiger partial charge in [-0.2, -0.15) is 0 Å². The average Bonchev–Trinajstić information content (AvgIpc) is 3.64. The van der Waals surface area contributed by atoms with Gasteiger partial charge in [-0.3, -0.25) is 0 Å². The maximum absolute atomic E-state index is 7.34. The predicted octanol–water partition coefficient (Wildman–Crippen LogP) is 12.8. The number of para-hydroxylation sites is 1. The summed E-state index contributed by atoms with van der Waals surface area (Å²) in [6.07, 6.45) is 0. The fourth-order valence-electron chi connectivity index (χ4n) is 8.88. The third kappa shape index (κ3) is 5.78. The van der Waals surface area contributed by atoms with Crippen LogP contribution in [0.25, 0.3) is 21.9 Å². The number of rotatable bonds is 6. The van der Waals surface area contributed by atoms with Crippen molar-refractivity contribution in [3.8, 4) is 23.0 Å². The zero-order valence-electron chi connectivity index (χ0n) is 33.7. The molecule has 0 saturated heterocycles. The highest BCUT2D eigenvalue weighted by Crippen LogP contribution is 2.49. The number of benzene rings is 8. The van der Waals surface area contributed by atoms with E-state index in [0.717, 1.165) is 95.4 Å². The van der Waals surface area contributed by atoms with Crippen molar-refractivity contribution in [1.29, 1.82) is 0 Å². The standard InChI is InChI=1S/C53H41BN2O3/c1-32-10-19-37(20-11-32)55(38-21-12-33(2)13-22-38)41-29-48-51-49(30-41)59-52-44(54(51)43-28-36(5)18-27-47(43)57-48)31-45(53-50(52)42-8-6-7-9-46(42)58-53)56(39-23-14-34(3)15-24-39)40-25-16-35(4)17-26-40/h6-31H,1-5H3. The molecule has 2 aliphatic heterocycles. The summed E-state index contributed by atoms with van der Waals surface area (Å²) in [7, 11) is 0. The Hall–Kier alpha value is -7.18. The van der Waals surface area contributed by atoms with Gasteiger partial charge in [-0.1, -0.05) is 107 Å². The molecule has 11 rings (SSSR count). The van der Waals surface area contributed by atoms with Gasteiger partial charge in [0, 0.05) is 45.7 Å².